The third kappa shape index (κ3) is 6.51. The number of rotatable bonds is 5. The van der Waals surface area contributed by atoms with Crippen LogP contribution in [-0.2, 0) is 0 Å². The van der Waals surface area contributed by atoms with Crippen molar-refractivity contribution < 1.29 is 9.59 Å². The maximum atomic E-state index is 12.8. The SMILES string of the molecule is CC.CC.O=C(Nc1nc2c(C(=O)NCC3=CCCCS3)cccc2[nH]1)c1cc2ccccc2cn1. The number of anilines is 1. The van der Waals surface area contributed by atoms with Gasteiger partial charge in [-0.05, 0) is 42.2 Å². The number of nitrogens with one attached hydrogen (secondary N) is 3. The molecule has 188 valence electrons. The van der Waals surface area contributed by atoms with Crippen LogP contribution in [0.25, 0.3) is 21.8 Å². The molecule has 0 radical (unpaired) electrons. The Balaban J connectivity index is 0.000000861. The lowest BCUT2D eigenvalue weighted by Crippen LogP contribution is -2.25. The molecule has 2 amide bonds. The number of aromatic nitrogens is 3. The number of allylic oxidation sites excluding steroid dienone is 1. The predicted molar refractivity (Wildman–Crippen MR) is 151 cm³/mol. The van der Waals surface area contributed by atoms with Gasteiger partial charge < -0.3 is 10.3 Å². The van der Waals surface area contributed by atoms with Gasteiger partial charge in [0, 0.05) is 23.0 Å². The lowest BCUT2D eigenvalue weighted by atomic mass is 10.1. The summed E-state index contributed by atoms with van der Waals surface area (Å²) < 4.78 is 0. The molecule has 3 heterocycles. The molecule has 3 N–H and O–H groups in total. The Bertz CT molecular complexity index is 1360. The highest BCUT2D eigenvalue weighted by Gasteiger charge is 2.16. The van der Waals surface area contributed by atoms with E-state index < -0.39 is 0 Å². The smallest absolute Gasteiger partial charge is 0.276 e. The topological polar surface area (TPSA) is 99.8 Å². The minimum atomic E-state index is -0.373. The number of carbonyl (C=O) groups is 2. The van der Waals surface area contributed by atoms with Gasteiger partial charge in [-0.15, -0.1) is 11.8 Å². The minimum Gasteiger partial charge on any atom is -0.347 e. The Hall–Kier alpha value is -3.65. The molecule has 0 saturated heterocycles. The second kappa shape index (κ2) is 13.4. The van der Waals surface area contributed by atoms with Crippen LogP contribution in [0.3, 0.4) is 0 Å². The van der Waals surface area contributed by atoms with Crippen molar-refractivity contribution in [1.82, 2.24) is 20.3 Å². The molecule has 0 bridgehead atoms. The zero-order valence-electron chi connectivity index (χ0n) is 21.2. The largest absolute Gasteiger partial charge is 0.347 e. The molecule has 1 aliphatic heterocycles. The molecular weight excluding hydrogens is 470 g/mol. The normalized spacial score (nSPS) is 12.5. The van der Waals surface area contributed by atoms with Crippen LogP contribution in [0.2, 0.25) is 0 Å². The van der Waals surface area contributed by atoms with Crippen LogP contribution >= 0.6 is 11.8 Å². The maximum Gasteiger partial charge on any atom is 0.276 e. The number of amides is 2. The van der Waals surface area contributed by atoms with Gasteiger partial charge in [-0.2, -0.15) is 0 Å². The van der Waals surface area contributed by atoms with Crippen molar-refractivity contribution in [3.8, 4) is 0 Å². The summed E-state index contributed by atoms with van der Waals surface area (Å²) in [6.07, 6.45) is 6.09. The summed E-state index contributed by atoms with van der Waals surface area (Å²) in [7, 11) is 0. The second-order valence-electron chi connectivity index (χ2n) is 7.50. The molecule has 36 heavy (non-hydrogen) atoms. The molecule has 1 aliphatic rings. The standard InChI is InChI=1S/C24H21N5O2S.2C2H6/c30-22(26-14-17-8-3-4-11-32-17)18-9-5-10-19-21(18)28-24(27-19)29-23(31)20-12-15-6-1-2-7-16(15)13-25-20;2*1-2/h1-2,5-10,12-13H,3-4,11,14H2,(H,26,30)(H2,27,28,29,31);2*1-2H3. The number of hydrogen-bond acceptors (Lipinski definition) is 5. The second-order valence-corrected chi connectivity index (χ2v) is 8.72. The predicted octanol–water partition coefficient (Wildman–Crippen LogP) is 6.56. The zero-order chi connectivity index (χ0) is 25.9. The molecule has 2 aromatic carbocycles. The van der Waals surface area contributed by atoms with E-state index in [4.69, 9.17) is 0 Å². The van der Waals surface area contributed by atoms with Crippen molar-refractivity contribution in [1.29, 1.82) is 0 Å². The number of para-hydroxylation sites is 1. The molecule has 0 aliphatic carbocycles. The summed E-state index contributed by atoms with van der Waals surface area (Å²) in [5, 5.41) is 7.62. The average molecular weight is 504 g/mol. The van der Waals surface area contributed by atoms with E-state index in [9.17, 15) is 9.59 Å². The molecule has 7 nitrogen and oxygen atoms in total. The molecule has 0 saturated carbocycles. The quantitative estimate of drug-likeness (QED) is 0.286. The highest BCUT2D eigenvalue weighted by Crippen LogP contribution is 2.24. The first-order valence-electron chi connectivity index (χ1n) is 12.4. The van der Waals surface area contributed by atoms with Crippen LogP contribution in [0.15, 0.2) is 65.7 Å². The molecule has 0 spiro atoms. The van der Waals surface area contributed by atoms with Gasteiger partial charge in [0.15, 0.2) is 0 Å². The number of hydrogen-bond donors (Lipinski definition) is 3. The van der Waals surface area contributed by atoms with Crippen LogP contribution in [0.5, 0.6) is 0 Å². The molecule has 0 atom stereocenters. The Labute approximate surface area is 216 Å². The van der Waals surface area contributed by atoms with E-state index in [1.807, 2.05) is 58.0 Å². The molecule has 2 aromatic heterocycles. The number of H-pyrrole nitrogens is 1. The first-order valence-corrected chi connectivity index (χ1v) is 13.4. The fourth-order valence-electron chi connectivity index (χ4n) is 3.65. The number of pyridine rings is 1. The third-order valence-corrected chi connectivity index (χ3v) is 6.46. The van der Waals surface area contributed by atoms with E-state index in [0.29, 0.717) is 28.8 Å². The van der Waals surface area contributed by atoms with Crippen molar-refractivity contribution in [3.63, 3.8) is 0 Å². The van der Waals surface area contributed by atoms with Crippen molar-refractivity contribution in [2.24, 2.45) is 0 Å². The van der Waals surface area contributed by atoms with Gasteiger partial charge in [0.2, 0.25) is 5.95 Å². The summed E-state index contributed by atoms with van der Waals surface area (Å²) in [5.74, 6) is 0.794. The number of imidazole rings is 1. The summed E-state index contributed by atoms with van der Waals surface area (Å²) in [6.45, 7) is 8.52. The highest BCUT2D eigenvalue weighted by atomic mass is 32.2. The molecule has 0 unspecified atom stereocenters. The van der Waals surface area contributed by atoms with Gasteiger partial charge in [-0.1, -0.05) is 64.1 Å². The van der Waals surface area contributed by atoms with Crippen molar-refractivity contribution in [3.05, 3.63) is 77.0 Å². The van der Waals surface area contributed by atoms with Gasteiger partial charge in [-0.25, -0.2) is 4.98 Å². The van der Waals surface area contributed by atoms with E-state index in [1.54, 1.807) is 36.2 Å². The summed E-state index contributed by atoms with van der Waals surface area (Å²) in [6, 6.07) is 14.8. The van der Waals surface area contributed by atoms with E-state index >= 15 is 0 Å². The monoisotopic (exact) mass is 503 g/mol. The number of thioether (sulfide) groups is 1. The van der Waals surface area contributed by atoms with E-state index in [-0.39, 0.29) is 17.8 Å². The molecule has 8 heteroatoms. The minimum absolute atomic E-state index is 0.191. The Morgan fingerprint density at radius 3 is 2.53 bits per heavy atom. The number of carbonyl (C=O) groups excluding carboxylic acids is 2. The van der Waals surface area contributed by atoms with E-state index in [1.165, 1.54) is 11.3 Å². The first kappa shape index (κ1) is 26.9. The molecular formula is C28H33N5O2S. The van der Waals surface area contributed by atoms with Crippen LogP contribution in [0, 0.1) is 0 Å². The zero-order valence-corrected chi connectivity index (χ0v) is 22.0. The van der Waals surface area contributed by atoms with Gasteiger partial charge in [0.1, 0.15) is 11.2 Å². The van der Waals surface area contributed by atoms with Gasteiger partial charge >= 0.3 is 0 Å². The van der Waals surface area contributed by atoms with Gasteiger partial charge in [0.05, 0.1) is 11.1 Å². The van der Waals surface area contributed by atoms with Crippen molar-refractivity contribution in [2.75, 3.05) is 17.6 Å². The van der Waals surface area contributed by atoms with Gasteiger partial charge in [-0.3, -0.25) is 19.9 Å². The highest BCUT2D eigenvalue weighted by molar-refractivity contribution is 8.03. The van der Waals surface area contributed by atoms with Gasteiger partial charge in [0.25, 0.3) is 11.8 Å². The Kier molecular flexibility index (Phi) is 10.1. The summed E-state index contributed by atoms with van der Waals surface area (Å²) in [4.78, 5) is 38.5. The molecule has 0 fully saturated rings. The number of nitrogens with zero attached hydrogens (tertiary/aromatic N) is 2. The van der Waals surface area contributed by atoms with Crippen LogP contribution in [0.4, 0.5) is 5.95 Å². The maximum absolute atomic E-state index is 12.8. The Morgan fingerprint density at radius 2 is 1.78 bits per heavy atom. The lowest BCUT2D eigenvalue weighted by molar-refractivity contribution is 0.0958. The number of aromatic amines is 1. The van der Waals surface area contributed by atoms with Crippen molar-refractivity contribution >= 4 is 51.3 Å². The van der Waals surface area contributed by atoms with Crippen LogP contribution in [0.1, 0.15) is 61.4 Å². The summed E-state index contributed by atoms with van der Waals surface area (Å²) in [5.41, 5.74) is 1.94. The number of fused-ring (bicyclic) bond motifs is 2. The average Bonchev–Trinajstić information content (AvgIpc) is 3.36. The number of benzene rings is 2. The summed E-state index contributed by atoms with van der Waals surface area (Å²) >= 11 is 1.78. The van der Waals surface area contributed by atoms with E-state index in [2.05, 4.69) is 31.7 Å². The van der Waals surface area contributed by atoms with Crippen LogP contribution in [-0.4, -0.2) is 39.1 Å². The molecule has 4 aromatic rings. The Morgan fingerprint density at radius 1 is 1.00 bits per heavy atom. The first-order chi connectivity index (χ1) is 17.7. The molecule has 5 rings (SSSR count). The van der Waals surface area contributed by atoms with E-state index in [0.717, 1.165) is 22.9 Å². The van der Waals surface area contributed by atoms with Crippen molar-refractivity contribution in [2.45, 2.75) is 40.5 Å². The van der Waals surface area contributed by atoms with Crippen LogP contribution < -0.4 is 10.6 Å². The lowest BCUT2D eigenvalue weighted by Gasteiger charge is -2.13. The fraction of sp³-hybridized carbons (Fsp3) is 0.286. The third-order valence-electron chi connectivity index (χ3n) is 5.28. The fourth-order valence-corrected chi connectivity index (χ4v) is 4.63.